The first-order valence-electron chi connectivity index (χ1n) is 7.62. The van der Waals surface area contributed by atoms with Crippen molar-refractivity contribution in [3.8, 4) is 0 Å². The van der Waals surface area contributed by atoms with Gasteiger partial charge in [0.25, 0.3) is 5.91 Å². The molecule has 0 aliphatic carbocycles. The Kier molecular flexibility index (Phi) is 4.68. The Morgan fingerprint density at radius 2 is 2.25 bits per heavy atom. The van der Waals surface area contributed by atoms with Crippen molar-refractivity contribution in [2.75, 3.05) is 25.4 Å². The highest BCUT2D eigenvalue weighted by molar-refractivity contribution is 8.00. The molecule has 2 N–H and O–H groups in total. The van der Waals surface area contributed by atoms with Gasteiger partial charge in [-0.25, -0.2) is 0 Å². The van der Waals surface area contributed by atoms with E-state index < -0.39 is 0 Å². The van der Waals surface area contributed by atoms with Gasteiger partial charge in [0.15, 0.2) is 0 Å². The van der Waals surface area contributed by atoms with E-state index in [4.69, 9.17) is 0 Å². The summed E-state index contributed by atoms with van der Waals surface area (Å²) in [6.07, 6.45) is 6.78. The Labute approximate surface area is 124 Å². The van der Waals surface area contributed by atoms with Crippen LogP contribution >= 0.6 is 11.8 Å². The van der Waals surface area contributed by atoms with Crippen molar-refractivity contribution >= 4 is 17.7 Å². The molecule has 110 valence electrons. The monoisotopic (exact) mass is 293 g/mol. The van der Waals surface area contributed by atoms with Gasteiger partial charge in [-0.3, -0.25) is 4.79 Å². The molecule has 20 heavy (non-hydrogen) atoms. The second-order valence-corrected chi connectivity index (χ2v) is 7.04. The third-order valence-corrected chi connectivity index (χ3v) is 5.63. The minimum absolute atomic E-state index is 0.0843. The maximum atomic E-state index is 12.4. The van der Waals surface area contributed by atoms with Crippen LogP contribution in [0.5, 0.6) is 0 Å². The molecule has 0 spiro atoms. The zero-order valence-corrected chi connectivity index (χ0v) is 12.6. The number of hydrogen-bond donors (Lipinski definition) is 2. The lowest BCUT2D eigenvalue weighted by atomic mass is 10.1. The fourth-order valence-electron chi connectivity index (χ4n) is 3.09. The maximum Gasteiger partial charge on any atom is 0.267 e. The lowest BCUT2D eigenvalue weighted by molar-refractivity contribution is 0.0941. The molecule has 0 bridgehead atoms. The largest absolute Gasteiger partial charge is 0.350 e. The van der Waals surface area contributed by atoms with Crippen LogP contribution in [0.1, 0.15) is 42.2 Å². The van der Waals surface area contributed by atoms with Crippen LogP contribution in [0.2, 0.25) is 0 Å². The number of carbonyl (C=O) groups is 1. The predicted octanol–water partition coefficient (Wildman–Crippen LogP) is 2.04. The van der Waals surface area contributed by atoms with Gasteiger partial charge in [-0.1, -0.05) is 0 Å². The molecule has 1 amide bonds. The van der Waals surface area contributed by atoms with E-state index in [9.17, 15) is 4.79 Å². The van der Waals surface area contributed by atoms with Crippen molar-refractivity contribution in [2.45, 2.75) is 37.0 Å². The Bertz CT molecular complexity index is 448. The number of piperidine rings is 1. The second-order valence-electron chi connectivity index (χ2n) is 5.63. The smallest absolute Gasteiger partial charge is 0.267 e. The average molecular weight is 293 g/mol. The summed E-state index contributed by atoms with van der Waals surface area (Å²) in [5, 5.41) is 7.09. The van der Waals surface area contributed by atoms with Crippen molar-refractivity contribution in [1.82, 2.24) is 15.2 Å². The van der Waals surface area contributed by atoms with Crippen LogP contribution < -0.4 is 10.6 Å². The van der Waals surface area contributed by atoms with Crippen molar-refractivity contribution in [2.24, 2.45) is 0 Å². The number of thioether (sulfide) groups is 1. The van der Waals surface area contributed by atoms with Crippen molar-refractivity contribution in [3.05, 3.63) is 24.0 Å². The van der Waals surface area contributed by atoms with Gasteiger partial charge in [-0.15, -0.1) is 0 Å². The Morgan fingerprint density at radius 1 is 1.40 bits per heavy atom. The minimum Gasteiger partial charge on any atom is -0.350 e. The fourth-order valence-corrected chi connectivity index (χ4v) is 4.29. The molecule has 3 heterocycles. The summed E-state index contributed by atoms with van der Waals surface area (Å²) in [5.41, 5.74) is 0.819. The third kappa shape index (κ3) is 3.20. The first-order valence-corrected chi connectivity index (χ1v) is 8.67. The van der Waals surface area contributed by atoms with Crippen molar-refractivity contribution < 1.29 is 4.79 Å². The normalized spacial score (nSPS) is 23.9. The summed E-state index contributed by atoms with van der Waals surface area (Å²) in [7, 11) is 0. The second kappa shape index (κ2) is 6.68. The number of nitrogens with one attached hydrogen (secondary N) is 2. The molecule has 0 aromatic carbocycles. The SMILES string of the molecule is O=C(NCC1CCCS1)c1cccn1C1CCNCC1. The molecule has 1 aromatic rings. The molecule has 0 saturated carbocycles. The summed E-state index contributed by atoms with van der Waals surface area (Å²) >= 11 is 1.98. The van der Waals surface area contributed by atoms with Crippen LogP contribution in [0.15, 0.2) is 18.3 Å². The van der Waals surface area contributed by atoms with Gasteiger partial charge in [0.2, 0.25) is 0 Å². The summed E-state index contributed by atoms with van der Waals surface area (Å²) < 4.78 is 2.16. The molecular formula is C15H23N3OS. The highest BCUT2D eigenvalue weighted by atomic mass is 32.2. The summed E-state index contributed by atoms with van der Waals surface area (Å²) in [6, 6.07) is 4.40. The highest BCUT2D eigenvalue weighted by Gasteiger charge is 2.21. The van der Waals surface area contributed by atoms with Gasteiger partial charge in [-0.05, 0) is 56.7 Å². The van der Waals surface area contributed by atoms with E-state index in [1.807, 2.05) is 23.9 Å². The first-order chi connectivity index (χ1) is 9.84. The van der Waals surface area contributed by atoms with Gasteiger partial charge in [0.1, 0.15) is 5.69 Å². The lowest BCUT2D eigenvalue weighted by Crippen LogP contribution is -2.34. The van der Waals surface area contributed by atoms with E-state index in [1.54, 1.807) is 0 Å². The fraction of sp³-hybridized carbons (Fsp3) is 0.667. The Hall–Kier alpha value is -0.940. The number of amides is 1. The molecule has 2 aliphatic heterocycles. The van der Waals surface area contributed by atoms with E-state index >= 15 is 0 Å². The number of rotatable bonds is 4. The molecule has 3 rings (SSSR count). The quantitative estimate of drug-likeness (QED) is 0.893. The minimum atomic E-state index is 0.0843. The predicted molar refractivity (Wildman–Crippen MR) is 83.4 cm³/mol. The topological polar surface area (TPSA) is 46.1 Å². The standard InChI is InChI=1S/C15H23N3OS/c19-15(17-11-13-3-2-10-20-13)14-4-1-9-18(14)12-5-7-16-8-6-12/h1,4,9,12-13,16H,2-3,5-8,10-11H2,(H,17,19). The van der Waals surface area contributed by atoms with Crippen molar-refractivity contribution in [3.63, 3.8) is 0 Å². The van der Waals surface area contributed by atoms with Gasteiger partial charge < -0.3 is 15.2 Å². The summed E-state index contributed by atoms with van der Waals surface area (Å²) in [5.74, 6) is 1.33. The third-order valence-electron chi connectivity index (χ3n) is 4.23. The van der Waals surface area contributed by atoms with Crippen LogP contribution in [0, 0.1) is 0 Å². The molecule has 4 nitrogen and oxygen atoms in total. The average Bonchev–Trinajstić information content (AvgIpc) is 3.17. The number of nitrogens with zero attached hydrogens (tertiary/aromatic N) is 1. The molecule has 2 aliphatic rings. The maximum absolute atomic E-state index is 12.4. The molecule has 1 aromatic heterocycles. The van der Waals surface area contributed by atoms with Gasteiger partial charge in [0.05, 0.1) is 0 Å². The Morgan fingerprint density at radius 3 is 3.00 bits per heavy atom. The van der Waals surface area contributed by atoms with Crippen LogP contribution in [-0.4, -0.2) is 41.1 Å². The van der Waals surface area contributed by atoms with Gasteiger partial charge >= 0.3 is 0 Å². The zero-order valence-electron chi connectivity index (χ0n) is 11.8. The molecule has 2 fully saturated rings. The van der Waals surface area contributed by atoms with E-state index in [2.05, 4.69) is 21.4 Å². The highest BCUT2D eigenvalue weighted by Crippen LogP contribution is 2.25. The summed E-state index contributed by atoms with van der Waals surface area (Å²) in [6.45, 7) is 2.89. The van der Waals surface area contributed by atoms with Gasteiger partial charge in [-0.2, -0.15) is 11.8 Å². The zero-order chi connectivity index (χ0) is 13.8. The molecule has 0 radical (unpaired) electrons. The number of aromatic nitrogens is 1. The molecule has 1 atom stereocenters. The first kappa shape index (κ1) is 14.0. The van der Waals surface area contributed by atoms with Gasteiger partial charge in [0, 0.05) is 24.0 Å². The number of hydrogen-bond acceptors (Lipinski definition) is 3. The van der Waals surface area contributed by atoms with Crippen LogP contribution in [0.3, 0.4) is 0 Å². The van der Waals surface area contributed by atoms with E-state index in [0.717, 1.165) is 38.2 Å². The molecule has 1 unspecified atom stereocenters. The van der Waals surface area contributed by atoms with E-state index in [1.165, 1.54) is 18.6 Å². The van der Waals surface area contributed by atoms with Crippen LogP contribution in [0.4, 0.5) is 0 Å². The van der Waals surface area contributed by atoms with Crippen LogP contribution in [0.25, 0.3) is 0 Å². The van der Waals surface area contributed by atoms with Crippen molar-refractivity contribution in [1.29, 1.82) is 0 Å². The lowest BCUT2D eigenvalue weighted by Gasteiger charge is -2.26. The van der Waals surface area contributed by atoms with E-state index in [0.29, 0.717) is 11.3 Å². The van der Waals surface area contributed by atoms with E-state index in [-0.39, 0.29) is 5.91 Å². The number of carbonyl (C=O) groups excluding carboxylic acids is 1. The molecular weight excluding hydrogens is 270 g/mol. The summed E-state index contributed by atoms with van der Waals surface area (Å²) in [4.78, 5) is 12.4. The van der Waals surface area contributed by atoms with Crippen LogP contribution in [-0.2, 0) is 0 Å². The molecule has 2 saturated heterocycles. The molecule has 5 heteroatoms. The Balaban J connectivity index is 1.60.